The van der Waals surface area contributed by atoms with Gasteiger partial charge in [0, 0.05) is 11.8 Å². The Labute approximate surface area is 152 Å². The number of benzene rings is 2. The minimum atomic E-state index is 0.439. The van der Waals surface area contributed by atoms with Crippen LogP contribution in [0.15, 0.2) is 36.4 Å². The molecule has 4 nitrogen and oxygen atoms in total. The Balaban J connectivity index is 1.99. The monoisotopic (exact) mass is 372 g/mol. The minimum Gasteiger partial charge on any atom is -0.487 e. The molecule has 0 aliphatic heterocycles. The van der Waals surface area contributed by atoms with Crippen LogP contribution in [0.1, 0.15) is 0 Å². The maximum Gasteiger partial charge on any atom is 0.161 e. The van der Waals surface area contributed by atoms with Gasteiger partial charge in [-0.2, -0.15) is 0 Å². The Morgan fingerprint density at radius 1 is 0.625 bits per heavy atom. The Morgan fingerprint density at radius 2 is 1.08 bits per heavy atom. The fourth-order valence-electron chi connectivity index (χ4n) is 2.16. The molecule has 0 amide bonds. The predicted octanol–water partition coefficient (Wildman–Crippen LogP) is 4.11. The van der Waals surface area contributed by atoms with E-state index in [0.717, 1.165) is 10.8 Å². The van der Waals surface area contributed by atoms with Crippen molar-refractivity contribution in [1.29, 1.82) is 0 Å². The molecule has 0 bridgehead atoms. The van der Waals surface area contributed by atoms with Gasteiger partial charge >= 0.3 is 0 Å². The summed E-state index contributed by atoms with van der Waals surface area (Å²) in [4.78, 5) is 0. The first-order valence-electron chi connectivity index (χ1n) is 7.91. The summed E-state index contributed by atoms with van der Waals surface area (Å²) < 4.78 is 22.3. The van der Waals surface area contributed by atoms with E-state index < -0.39 is 0 Å². The summed E-state index contributed by atoms with van der Waals surface area (Å²) in [6.45, 7) is 2.88. The van der Waals surface area contributed by atoms with Gasteiger partial charge < -0.3 is 18.9 Å². The van der Waals surface area contributed by atoms with Gasteiger partial charge in [-0.3, -0.25) is 0 Å². The molecule has 0 fully saturated rings. The standard InChI is InChI=1S/C18H22Cl2O4/c19-5-7-21-9-11-23-17-13-15-3-1-2-4-16(15)14-18(17)24-12-10-22-8-6-20/h1-4,13-14H,5-12H2. The summed E-state index contributed by atoms with van der Waals surface area (Å²) >= 11 is 11.2. The lowest BCUT2D eigenvalue weighted by molar-refractivity contribution is 0.101. The molecule has 0 atom stereocenters. The molecule has 0 N–H and O–H groups in total. The molecule has 24 heavy (non-hydrogen) atoms. The molecule has 0 aliphatic rings. The molecule has 2 rings (SSSR count). The molecule has 2 aromatic rings. The molecular weight excluding hydrogens is 351 g/mol. The van der Waals surface area contributed by atoms with Crippen molar-refractivity contribution in [1.82, 2.24) is 0 Å². The van der Waals surface area contributed by atoms with E-state index in [1.807, 2.05) is 36.4 Å². The minimum absolute atomic E-state index is 0.439. The zero-order valence-electron chi connectivity index (χ0n) is 13.5. The van der Waals surface area contributed by atoms with Crippen molar-refractivity contribution >= 4 is 34.0 Å². The van der Waals surface area contributed by atoms with Gasteiger partial charge in [-0.05, 0) is 22.9 Å². The fourth-order valence-corrected chi connectivity index (χ4v) is 2.38. The van der Waals surface area contributed by atoms with Crippen LogP contribution in [0.5, 0.6) is 11.5 Å². The summed E-state index contributed by atoms with van der Waals surface area (Å²) in [6, 6.07) is 12.0. The lowest BCUT2D eigenvalue weighted by Crippen LogP contribution is -2.11. The lowest BCUT2D eigenvalue weighted by Gasteiger charge is -2.14. The van der Waals surface area contributed by atoms with Crippen molar-refractivity contribution in [3.05, 3.63) is 36.4 Å². The second kappa shape index (κ2) is 11.4. The van der Waals surface area contributed by atoms with E-state index in [2.05, 4.69) is 0 Å². The van der Waals surface area contributed by atoms with Gasteiger partial charge in [-0.15, -0.1) is 23.2 Å². The van der Waals surface area contributed by atoms with Gasteiger partial charge in [0.2, 0.25) is 0 Å². The van der Waals surface area contributed by atoms with Crippen LogP contribution in [0.2, 0.25) is 0 Å². The molecule has 0 heterocycles. The maximum atomic E-state index is 5.82. The number of hydrogen-bond acceptors (Lipinski definition) is 4. The number of fused-ring (bicyclic) bond motifs is 1. The van der Waals surface area contributed by atoms with E-state index in [-0.39, 0.29) is 0 Å². The highest BCUT2D eigenvalue weighted by Gasteiger charge is 2.08. The number of rotatable bonds is 12. The Morgan fingerprint density at radius 3 is 1.50 bits per heavy atom. The zero-order valence-corrected chi connectivity index (χ0v) is 15.0. The van der Waals surface area contributed by atoms with E-state index in [0.29, 0.717) is 62.9 Å². The van der Waals surface area contributed by atoms with Crippen LogP contribution in [0.3, 0.4) is 0 Å². The van der Waals surface area contributed by atoms with Crippen molar-refractivity contribution in [2.24, 2.45) is 0 Å². The van der Waals surface area contributed by atoms with E-state index in [9.17, 15) is 0 Å². The molecule has 2 aromatic carbocycles. The number of halogens is 2. The van der Waals surface area contributed by atoms with Crippen molar-refractivity contribution in [2.75, 3.05) is 51.4 Å². The SMILES string of the molecule is ClCCOCCOc1cc2ccccc2cc1OCCOCCCl. The molecular formula is C18H22Cl2O4. The van der Waals surface area contributed by atoms with Crippen LogP contribution in [-0.4, -0.2) is 51.4 Å². The van der Waals surface area contributed by atoms with Crippen LogP contribution < -0.4 is 9.47 Å². The summed E-state index contributed by atoms with van der Waals surface area (Å²) in [5.74, 6) is 2.35. The van der Waals surface area contributed by atoms with Crippen LogP contribution in [0, 0.1) is 0 Å². The summed E-state index contributed by atoms with van der Waals surface area (Å²) in [7, 11) is 0. The molecule has 6 heteroatoms. The molecule has 0 aliphatic carbocycles. The Bertz CT molecular complexity index is 554. The fraction of sp³-hybridized carbons (Fsp3) is 0.444. The summed E-state index contributed by atoms with van der Waals surface area (Å²) in [5, 5.41) is 2.19. The van der Waals surface area contributed by atoms with E-state index in [4.69, 9.17) is 42.1 Å². The Hall–Kier alpha value is -1.20. The molecule has 0 saturated heterocycles. The van der Waals surface area contributed by atoms with E-state index in [1.165, 1.54) is 0 Å². The molecule has 0 unspecified atom stereocenters. The third-order valence-corrected chi connectivity index (χ3v) is 3.53. The molecule has 0 saturated carbocycles. The lowest BCUT2D eigenvalue weighted by atomic mass is 10.1. The average Bonchev–Trinajstić information content (AvgIpc) is 2.61. The highest BCUT2D eigenvalue weighted by molar-refractivity contribution is 6.18. The second-order valence-corrected chi connectivity index (χ2v) is 5.70. The van der Waals surface area contributed by atoms with E-state index >= 15 is 0 Å². The van der Waals surface area contributed by atoms with Gasteiger partial charge in [0.05, 0.1) is 26.4 Å². The van der Waals surface area contributed by atoms with E-state index in [1.54, 1.807) is 0 Å². The third kappa shape index (κ3) is 6.36. The maximum absolute atomic E-state index is 5.82. The number of hydrogen-bond donors (Lipinski definition) is 0. The number of alkyl halides is 2. The summed E-state index contributed by atoms with van der Waals surface area (Å²) in [6.07, 6.45) is 0. The highest BCUT2D eigenvalue weighted by Crippen LogP contribution is 2.32. The van der Waals surface area contributed by atoms with Gasteiger partial charge in [0.1, 0.15) is 13.2 Å². The van der Waals surface area contributed by atoms with Crippen LogP contribution in [0.4, 0.5) is 0 Å². The van der Waals surface area contributed by atoms with Crippen LogP contribution in [-0.2, 0) is 9.47 Å². The van der Waals surface area contributed by atoms with Crippen LogP contribution in [0.25, 0.3) is 10.8 Å². The normalized spacial score (nSPS) is 10.9. The highest BCUT2D eigenvalue weighted by atomic mass is 35.5. The molecule has 132 valence electrons. The van der Waals surface area contributed by atoms with Crippen molar-refractivity contribution in [3.63, 3.8) is 0 Å². The first-order chi connectivity index (χ1) is 11.8. The average molecular weight is 373 g/mol. The van der Waals surface area contributed by atoms with Gasteiger partial charge in [-0.25, -0.2) is 0 Å². The smallest absolute Gasteiger partial charge is 0.161 e. The van der Waals surface area contributed by atoms with Gasteiger partial charge in [0.25, 0.3) is 0 Å². The van der Waals surface area contributed by atoms with Gasteiger partial charge in [-0.1, -0.05) is 24.3 Å². The van der Waals surface area contributed by atoms with Crippen molar-refractivity contribution < 1.29 is 18.9 Å². The summed E-state index contributed by atoms with van der Waals surface area (Å²) in [5.41, 5.74) is 0. The Kier molecular flexibility index (Phi) is 9.06. The van der Waals surface area contributed by atoms with Crippen molar-refractivity contribution in [3.8, 4) is 11.5 Å². The topological polar surface area (TPSA) is 36.9 Å². The first kappa shape index (κ1) is 19.1. The third-order valence-electron chi connectivity index (χ3n) is 3.23. The molecule has 0 aromatic heterocycles. The zero-order chi connectivity index (χ0) is 17.0. The number of ether oxygens (including phenoxy) is 4. The molecule has 0 radical (unpaired) electrons. The second-order valence-electron chi connectivity index (χ2n) is 4.95. The first-order valence-corrected chi connectivity index (χ1v) is 8.98. The van der Waals surface area contributed by atoms with Crippen LogP contribution >= 0.6 is 23.2 Å². The van der Waals surface area contributed by atoms with Gasteiger partial charge in [0.15, 0.2) is 11.5 Å². The predicted molar refractivity (Wildman–Crippen MR) is 98.0 cm³/mol. The quantitative estimate of drug-likeness (QED) is 0.415. The van der Waals surface area contributed by atoms with Crippen molar-refractivity contribution in [2.45, 2.75) is 0 Å². The largest absolute Gasteiger partial charge is 0.487 e. The molecule has 0 spiro atoms.